The van der Waals surface area contributed by atoms with Crippen LogP contribution in [0.4, 0.5) is 0 Å². The standard InChI is InChI=1S/C20H30N4O3S/c1-6-15-12-23-17(28-15)13-24-20(21-7-2)22-11-10-14-8-9-16(25-3)19(27-5)18(14)26-4/h8-9,12H,6-7,10-11,13H2,1-5H3,(H2,21,22,24). The minimum atomic E-state index is 0.569. The molecule has 2 N–H and O–H groups in total. The Morgan fingerprint density at radius 1 is 1.07 bits per heavy atom. The lowest BCUT2D eigenvalue weighted by Gasteiger charge is -2.16. The Balaban J connectivity index is 2.01. The van der Waals surface area contributed by atoms with Crippen molar-refractivity contribution in [2.24, 2.45) is 4.99 Å². The van der Waals surface area contributed by atoms with Crippen LogP contribution in [0.25, 0.3) is 0 Å². The molecule has 0 fully saturated rings. The first-order chi connectivity index (χ1) is 13.7. The van der Waals surface area contributed by atoms with Crippen molar-refractivity contribution in [2.75, 3.05) is 34.4 Å². The molecule has 0 radical (unpaired) electrons. The van der Waals surface area contributed by atoms with Gasteiger partial charge in [-0.1, -0.05) is 13.0 Å². The molecule has 154 valence electrons. The number of aryl methyl sites for hydroxylation is 1. The zero-order valence-corrected chi connectivity index (χ0v) is 18.1. The van der Waals surface area contributed by atoms with Crippen LogP contribution in [0.5, 0.6) is 17.2 Å². The molecule has 1 aromatic heterocycles. The second-order valence-corrected chi connectivity index (χ2v) is 7.14. The predicted molar refractivity (Wildman–Crippen MR) is 114 cm³/mol. The van der Waals surface area contributed by atoms with Gasteiger partial charge in [-0.2, -0.15) is 0 Å². The van der Waals surface area contributed by atoms with Crippen LogP contribution in [-0.4, -0.2) is 45.4 Å². The highest BCUT2D eigenvalue weighted by molar-refractivity contribution is 7.11. The molecule has 0 aliphatic heterocycles. The molecule has 1 heterocycles. The van der Waals surface area contributed by atoms with Gasteiger partial charge in [-0.25, -0.2) is 9.98 Å². The Morgan fingerprint density at radius 3 is 2.46 bits per heavy atom. The van der Waals surface area contributed by atoms with Crippen molar-refractivity contribution in [3.05, 3.63) is 33.8 Å². The third-order valence-corrected chi connectivity index (χ3v) is 5.27. The summed E-state index contributed by atoms with van der Waals surface area (Å²) in [6, 6.07) is 3.89. The topological polar surface area (TPSA) is 77.0 Å². The van der Waals surface area contributed by atoms with E-state index < -0.39 is 0 Å². The molecule has 8 heteroatoms. The van der Waals surface area contributed by atoms with E-state index in [1.54, 1.807) is 32.7 Å². The van der Waals surface area contributed by atoms with Gasteiger partial charge < -0.3 is 24.8 Å². The number of aromatic nitrogens is 1. The summed E-state index contributed by atoms with van der Waals surface area (Å²) < 4.78 is 16.3. The van der Waals surface area contributed by atoms with E-state index in [4.69, 9.17) is 14.2 Å². The van der Waals surface area contributed by atoms with Gasteiger partial charge in [0.2, 0.25) is 5.75 Å². The molecule has 28 heavy (non-hydrogen) atoms. The second kappa shape index (κ2) is 11.4. The molecule has 0 atom stereocenters. The number of methoxy groups -OCH3 is 3. The average Bonchev–Trinajstić information content (AvgIpc) is 3.19. The monoisotopic (exact) mass is 406 g/mol. The van der Waals surface area contributed by atoms with Crippen molar-refractivity contribution in [3.63, 3.8) is 0 Å². The number of nitrogens with one attached hydrogen (secondary N) is 2. The van der Waals surface area contributed by atoms with Gasteiger partial charge in [-0.3, -0.25) is 0 Å². The summed E-state index contributed by atoms with van der Waals surface area (Å²) in [5.41, 5.74) is 1.04. The maximum atomic E-state index is 5.55. The highest BCUT2D eigenvalue weighted by Crippen LogP contribution is 2.39. The van der Waals surface area contributed by atoms with Gasteiger partial charge in [-0.15, -0.1) is 11.3 Å². The number of benzene rings is 1. The van der Waals surface area contributed by atoms with E-state index in [0.717, 1.165) is 35.9 Å². The third-order valence-electron chi connectivity index (χ3n) is 4.14. The minimum absolute atomic E-state index is 0.569. The van der Waals surface area contributed by atoms with E-state index in [1.165, 1.54) is 4.88 Å². The Hall–Kier alpha value is -2.48. The van der Waals surface area contributed by atoms with Crippen molar-refractivity contribution in [3.8, 4) is 17.2 Å². The Labute approximate surface area is 171 Å². The van der Waals surface area contributed by atoms with Crippen LogP contribution in [0.3, 0.4) is 0 Å². The van der Waals surface area contributed by atoms with E-state index in [2.05, 4.69) is 27.5 Å². The molecule has 0 saturated carbocycles. The maximum absolute atomic E-state index is 5.55. The normalized spacial score (nSPS) is 11.2. The molecule has 0 bridgehead atoms. The lowest BCUT2D eigenvalue weighted by molar-refractivity contribution is 0.322. The highest BCUT2D eigenvalue weighted by Gasteiger charge is 2.15. The summed E-state index contributed by atoms with van der Waals surface area (Å²) in [6.45, 7) is 6.25. The van der Waals surface area contributed by atoms with Gasteiger partial charge in [0.05, 0.1) is 27.9 Å². The summed E-state index contributed by atoms with van der Waals surface area (Å²) >= 11 is 1.71. The van der Waals surface area contributed by atoms with Crippen LogP contribution in [0.1, 0.15) is 29.3 Å². The maximum Gasteiger partial charge on any atom is 0.203 e. The number of hydrogen-bond acceptors (Lipinski definition) is 6. The van der Waals surface area contributed by atoms with Gasteiger partial charge in [0.15, 0.2) is 17.5 Å². The molecule has 7 nitrogen and oxygen atoms in total. The smallest absolute Gasteiger partial charge is 0.203 e. The van der Waals surface area contributed by atoms with Crippen molar-refractivity contribution < 1.29 is 14.2 Å². The number of nitrogens with zero attached hydrogens (tertiary/aromatic N) is 2. The minimum Gasteiger partial charge on any atom is -0.493 e. The van der Waals surface area contributed by atoms with E-state index in [1.807, 2.05) is 25.3 Å². The first-order valence-electron chi connectivity index (χ1n) is 9.40. The van der Waals surface area contributed by atoms with Crippen molar-refractivity contribution in [2.45, 2.75) is 33.2 Å². The first-order valence-corrected chi connectivity index (χ1v) is 10.2. The molecule has 0 saturated heterocycles. The fourth-order valence-electron chi connectivity index (χ4n) is 2.75. The van der Waals surface area contributed by atoms with Crippen LogP contribution in [0.15, 0.2) is 23.3 Å². The molecule has 0 spiro atoms. The Bertz CT molecular complexity index is 777. The Kier molecular flexibility index (Phi) is 8.87. The lowest BCUT2D eigenvalue weighted by Crippen LogP contribution is -2.38. The molecule has 0 aliphatic carbocycles. The van der Waals surface area contributed by atoms with Gasteiger partial charge in [0, 0.05) is 29.7 Å². The van der Waals surface area contributed by atoms with Gasteiger partial charge in [-0.05, 0) is 25.8 Å². The van der Waals surface area contributed by atoms with Gasteiger partial charge in [0.1, 0.15) is 5.01 Å². The molecule has 0 aliphatic rings. The third kappa shape index (κ3) is 5.76. The SMILES string of the molecule is CCNC(=NCc1ncc(CC)s1)NCCc1ccc(OC)c(OC)c1OC. The molecular weight excluding hydrogens is 376 g/mol. The molecule has 1 aromatic carbocycles. The van der Waals surface area contributed by atoms with Crippen molar-refractivity contribution >= 4 is 17.3 Å². The summed E-state index contributed by atoms with van der Waals surface area (Å²) in [5.74, 6) is 2.73. The van der Waals surface area contributed by atoms with E-state index in [-0.39, 0.29) is 0 Å². The highest BCUT2D eigenvalue weighted by atomic mass is 32.1. The van der Waals surface area contributed by atoms with Crippen LogP contribution in [-0.2, 0) is 19.4 Å². The van der Waals surface area contributed by atoms with Crippen LogP contribution < -0.4 is 24.8 Å². The summed E-state index contributed by atoms with van der Waals surface area (Å²) in [4.78, 5) is 10.3. The van der Waals surface area contributed by atoms with Gasteiger partial charge >= 0.3 is 0 Å². The number of rotatable bonds is 10. The number of thiazole rings is 1. The molecule has 0 amide bonds. The second-order valence-electron chi connectivity index (χ2n) is 5.94. The molecular formula is C20H30N4O3S. The van der Waals surface area contributed by atoms with Crippen LogP contribution in [0, 0.1) is 0 Å². The van der Waals surface area contributed by atoms with Crippen molar-refractivity contribution in [1.82, 2.24) is 15.6 Å². The lowest BCUT2D eigenvalue weighted by atomic mass is 10.1. The summed E-state index contributed by atoms with van der Waals surface area (Å²) in [6.07, 6.45) is 3.69. The van der Waals surface area contributed by atoms with Crippen molar-refractivity contribution in [1.29, 1.82) is 0 Å². The summed E-state index contributed by atoms with van der Waals surface area (Å²) in [5, 5.41) is 7.66. The average molecular weight is 407 g/mol. The fourth-order valence-corrected chi connectivity index (χ4v) is 3.54. The Morgan fingerprint density at radius 2 is 1.86 bits per heavy atom. The van der Waals surface area contributed by atoms with E-state index in [0.29, 0.717) is 30.3 Å². The largest absolute Gasteiger partial charge is 0.493 e. The molecule has 2 aromatic rings. The number of ether oxygens (including phenoxy) is 3. The predicted octanol–water partition coefficient (Wildman–Crippen LogP) is 3.03. The van der Waals surface area contributed by atoms with Gasteiger partial charge in [0.25, 0.3) is 0 Å². The van der Waals surface area contributed by atoms with E-state index in [9.17, 15) is 0 Å². The summed E-state index contributed by atoms with van der Waals surface area (Å²) in [7, 11) is 4.86. The number of aliphatic imine (C=N–C) groups is 1. The van der Waals surface area contributed by atoms with E-state index >= 15 is 0 Å². The van der Waals surface area contributed by atoms with Crippen LogP contribution >= 0.6 is 11.3 Å². The first kappa shape index (κ1) is 21.8. The molecule has 2 rings (SSSR count). The number of guanidine groups is 1. The quantitative estimate of drug-likeness (QED) is 0.467. The zero-order valence-electron chi connectivity index (χ0n) is 17.3. The number of hydrogen-bond donors (Lipinski definition) is 2. The zero-order chi connectivity index (χ0) is 20.4. The van der Waals surface area contributed by atoms with Crippen LogP contribution in [0.2, 0.25) is 0 Å². The molecule has 0 unspecified atom stereocenters. The fraction of sp³-hybridized carbons (Fsp3) is 0.500.